The van der Waals surface area contributed by atoms with Crippen LogP contribution in [0.25, 0.3) is 11.3 Å². The highest BCUT2D eigenvalue weighted by molar-refractivity contribution is 5.66. The lowest BCUT2D eigenvalue weighted by Gasteiger charge is -2.11. The van der Waals surface area contributed by atoms with Gasteiger partial charge in [0.05, 0.1) is 25.0 Å². The Kier molecular flexibility index (Phi) is 3.74. The molecule has 0 fully saturated rings. The van der Waals surface area contributed by atoms with Crippen molar-refractivity contribution >= 4 is 0 Å². The van der Waals surface area contributed by atoms with Gasteiger partial charge in [-0.05, 0) is 17.7 Å². The highest BCUT2D eigenvalue weighted by Crippen LogP contribution is 2.31. The van der Waals surface area contributed by atoms with E-state index in [0.29, 0.717) is 31.1 Å². The van der Waals surface area contributed by atoms with E-state index in [2.05, 4.69) is 15.4 Å². The standard InChI is InChI=1S/C18H17FN4O/c1-24-17-7-6-12(8-21-17)11-23-18(13-4-2-3-5-15(13)19)14-9-20-10-16(14)22-23/h2-8,20H,9-11H2,1H3. The molecule has 24 heavy (non-hydrogen) atoms. The van der Waals surface area contributed by atoms with Crippen molar-refractivity contribution in [3.63, 3.8) is 0 Å². The average Bonchev–Trinajstić information content (AvgIpc) is 3.17. The second-order valence-electron chi connectivity index (χ2n) is 5.72. The Balaban J connectivity index is 1.77. The molecule has 0 saturated heterocycles. The van der Waals surface area contributed by atoms with Crippen LogP contribution in [0.15, 0.2) is 42.6 Å². The second-order valence-corrected chi connectivity index (χ2v) is 5.72. The molecule has 0 aliphatic carbocycles. The Labute approximate surface area is 139 Å². The van der Waals surface area contributed by atoms with Gasteiger partial charge in [-0.15, -0.1) is 0 Å². The maximum atomic E-state index is 14.3. The van der Waals surface area contributed by atoms with Crippen molar-refractivity contribution in [3.05, 3.63) is 65.2 Å². The molecule has 6 heteroatoms. The predicted molar refractivity (Wildman–Crippen MR) is 88.1 cm³/mol. The molecule has 5 nitrogen and oxygen atoms in total. The smallest absolute Gasteiger partial charge is 0.212 e. The Morgan fingerprint density at radius 3 is 2.83 bits per heavy atom. The number of hydrogen-bond acceptors (Lipinski definition) is 4. The minimum atomic E-state index is -0.235. The van der Waals surface area contributed by atoms with Gasteiger partial charge in [0.1, 0.15) is 5.82 Å². The third-order valence-electron chi connectivity index (χ3n) is 4.20. The zero-order chi connectivity index (χ0) is 16.5. The molecule has 122 valence electrons. The number of nitrogens with one attached hydrogen (secondary N) is 1. The van der Waals surface area contributed by atoms with E-state index >= 15 is 0 Å². The number of methoxy groups -OCH3 is 1. The summed E-state index contributed by atoms with van der Waals surface area (Å²) in [4.78, 5) is 4.23. The molecule has 3 heterocycles. The first-order chi connectivity index (χ1) is 11.8. The fraction of sp³-hybridized carbons (Fsp3) is 0.222. The number of ether oxygens (including phenoxy) is 1. The van der Waals surface area contributed by atoms with E-state index in [0.717, 1.165) is 22.5 Å². The molecule has 0 radical (unpaired) electrons. The molecule has 0 spiro atoms. The highest BCUT2D eigenvalue weighted by Gasteiger charge is 2.24. The Morgan fingerprint density at radius 1 is 1.21 bits per heavy atom. The van der Waals surface area contributed by atoms with Crippen molar-refractivity contribution < 1.29 is 9.13 Å². The van der Waals surface area contributed by atoms with Gasteiger partial charge in [-0.3, -0.25) is 4.68 Å². The van der Waals surface area contributed by atoms with Crippen LogP contribution < -0.4 is 10.1 Å². The number of hydrogen-bond donors (Lipinski definition) is 1. The monoisotopic (exact) mass is 324 g/mol. The first-order valence-corrected chi connectivity index (χ1v) is 7.79. The fourth-order valence-corrected chi connectivity index (χ4v) is 3.05. The van der Waals surface area contributed by atoms with Crippen molar-refractivity contribution in [2.24, 2.45) is 0 Å². The fourth-order valence-electron chi connectivity index (χ4n) is 3.05. The topological polar surface area (TPSA) is 52.0 Å². The van der Waals surface area contributed by atoms with Crippen LogP contribution in [0.1, 0.15) is 16.8 Å². The summed E-state index contributed by atoms with van der Waals surface area (Å²) in [6.07, 6.45) is 1.76. The van der Waals surface area contributed by atoms with Crippen LogP contribution in [-0.4, -0.2) is 21.9 Å². The van der Waals surface area contributed by atoms with Gasteiger partial charge in [-0.1, -0.05) is 18.2 Å². The molecular formula is C18H17FN4O. The molecule has 1 aliphatic heterocycles. The molecule has 3 aromatic rings. The zero-order valence-corrected chi connectivity index (χ0v) is 13.3. The SMILES string of the molecule is COc1ccc(Cn2nc3c(c2-c2ccccc2F)CNC3)cn1. The largest absolute Gasteiger partial charge is 0.481 e. The predicted octanol–water partition coefficient (Wildman–Crippen LogP) is 2.74. The van der Waals surface area contributed by atoms with Gasteiger partial charge >= 0.3 is 0 Å². The third kappa shape index (κ3) is 2.55. The van der Waals surface area contributed by atoms with Gasteiger partial charge in [0.25, 0.3) is 0 Å². The number of nitrogens with zero attached hydrogens (tertiary/aromatic N) is 3. The summed E-state index contributed by atoms with van der Waals surface area (Å²) in [6, 6.07) is 10.6. The molecular weight excluding hydrogens is 307 g/mol. The summed E-state index contributed by atoms with van der Waals surface area (Å²) in [6.45, 7) is 1.96. The molecule has 1 aromatic carbocycles. The minimum Gasteiger partial charge on any atom is -0.481 e. The first kappa shape index (κ1) is 14.8. The van der Waals surface area contributed by atoms with Crippen molar-refractivity contribution in [2.75, 3.05) is 7.11 Å². The maximum absolute atomic E-state index is 14.3. The van der Waals surface area contributed by atoms with Crippen LogP contribution in [0, 0.1) is 5.82 Å². The minimum absolute atomic E-state index is 0.235. The number of aromatic nitrogens is 3. The van der Waals surface area contributed by atoms with E-state index in [1.54, 1.807) is 25.4 Å². The Bertz CT molecular complexity index is 873. The van der Waals surface area contributed by atoms with Gasteiger partial charge in [0.2, 0.25) is 5.88 Å². The van der Waals surface area contributed by atoms with E-state index in [1.807, 2.05) is 22.9 Å². The second kappa shape index (κ2) is 6.05. The van der Waals surface area contributed by atoms with E-state index in [1.165, 1.54) is 6.07 Å². The molecule has 2 aromatic heterocycles. The molecule has 1 aliphatic rings. The number of halogens is 1. The molecule has 0 saturated carbocycles. The molecule has 0 amide bonds. The van der Waals surface area contributed by atoms with Crippen molar-refractivity contribution in [2.45, 2.75) is 19.6 Å². The van der Waals surface area contributed by atoms with Crippen LogP contribution in [0.5, 0.6) is 5.88 Å². The van der Waals surface area contributed by atoms with E-state index < -0.39 is 0 Å². The van der Waals surface area contributed by atoms with Crippen molar-refractivity contribution in [1.82, 2.24) is 20.1 Å². The highest BCUT2D eigenvalue weighted by atomic mass is 19.1. The Hall–Kier alpha value is -2.73. The summed E-state index contributed by atoms with van der Waals surface area (Å²) in [5.41, 5.74) is 4.46. The van der Waals surface area contributed by atoms with Crippen LogP contribution >= 0.6 is 0 Å². The number of rotatable bonds is 4. The summed E-state index contributed by atoms with van der Waals surface area (Å²) < 4.78 is 21.3. The van der Waals surface area contributed by atoms with Gasteiger partial charge < -0.3 is 10.1 Å². The van der Waals surface area contributed by atoms with Crippen LogP contribution in [0.2, 0.25) is 0 Å². The lowest BCUT2D eigenvalue weighted by Crippen LogP contribution is -2.10. The maximum Gasteiger partial charge on any atom is 0.212 e. The summed E-state index contributed by atoms with van der Waals surface area (Å²) in [7, 11) is 1.59. The van der Waals surface area contributed by atoms with E-state index in [4.69, 9.17) is 4.74 Å². The van der Waals surface area contributed by atoms with Gasteiger partial charge in [-0.25, -0.2) is 9.37 Å². The van der Waals surface area contributed by atoms with Crippen LogP contribution in [0.4, 0.5) is 4.39 Å². The van der Waals surface area contributed by atoms with Crippen LogP contribution in [-0.2, 0) is 19.6 Å². The zero-order valence-electron chi connectivity index (χ0n) is 13.3. The Morgan fingerprint density at radius 2 is 2.08 bits per heavy atom. The lowest BCUT2D eigenvalue weighted by atomic mass is 10.1. The number of fused-ring (bicyclic) bond motifs is 1. The quantitative estimate of drug-likeness (QED) is 0.802. The summed E-state index contributed by atoms with van der Waals surface area (Å²) in [5, 5.41) is 7.95. The van der Waals surface area contributed by atoms with E-state index in [-0.39, 0.29) is 5.82 Å². The molecule has 4 rings (SSSR count). The summed E-state index contributed by atoms with van der Waals surface area (Å²) >= 11 is 0. The van der Waals surface area contributed by atoms with Crippen molar-refractivity contribution in [1.29, 1.82) is 0 Å². The molecule has 1 N–H and O–H groups in total. The van der Waals surface area contributed by atoms with Crippen LogP contribution in [0.3, 0.4) is 0 Å². The molecule has 0 atom stereocenters. The normalized spacial score (nSPS) is 13.1. The summed E-state index contributed by atoms with van der Waals surface area (Å²) in [5.74, 6) is 0.335. The lowest BCUT2D eigenvalue weighted by molar-refractivity contribution is 0.397. The molecule has 0 unspecified atom stereocenters. The van der Waals surface area contributed by atoms with Gasteiger partial charge in [0, 0.05) is 36.5 Å². The third-order valence-corrected chi connectivity index (χ3v) is 4.20. The molecule has 0 bridgehead atoms. The van der Waals surface area contributed by atoms with Gasteiger partial charge in [-0.2, -0.15) is 5.10 Å². The number of benzene rings is 1. The first-order valence-electron chi connectivity index (χ1n) is 7.79. The van der Waals surface area contributed by atoms with Gasteiger partial charge in [0.15, 0.2) is 0 Å². The van der Waals surface area contributed by atoms with Crippen molar-refractivity contribution in [3.8, 4) is 17.1 Å². The number of pyridine rings is 1. The average molecular weight is 324 g/mol. The van der Waals surface area contributed by atoms with E-state index in [9.17, 15) is 4.39 Å².